The zero-order valence-corrected chi connectivity index (χ0v) is 28.0. The Bertz CT molecular complexity index is 1230. The van der Waals surface area contributed by atoms with Crippen LogP contribution in [0.25, 0.3) is 0 Å². The molecule has 9 unspecified atom stereocenters. The predicted octanol–water partition coefficient (Wildman–Crippen LogP) is 2.23. The number of ether oxygens (including phenoxy) is 1. The molecule has 0 spiro atoms. The Balaban J connectivity index is 1.11. The van der Waals surface area contributed by atoms with Gasteiger partial charge in [-0.05, 0) is 97.2 Å². The van der Waals surface area contributed by atoms with E-state index in [0.29, 0.717) is 37.0 Å². The van der Waals surface area contributed by atoms with Crippen molar-refractivity contribution in [1.29, 1.82) is 0 Å². The van der Waals surface area contributed by atoms with Gasteiger partial charge in [0.15, 0.2) is 0 Å². The number of aromatic nitrogens is 2. The molecular weight excluding hydrogens is 600 g/mol. The van der Waals surface area contributed by atoms with Crippen molar-refractivity contribution in [3.63, 3.8) is 0 Å². The average molecular weight is 651 g/mol. The first-order chi connectivity index (χ1) is 21.2. The number of carbonyl (C=O) groups is 1. The van der Waals surface area contributed by atoms with Gasteiger partial charge >= 0.3 is 5.97 Å². The highest BCUT2D eigenvalue weighted by molar-refractivity contribution is 8.00. The van der Waals surface area contributed by atoms with Crippen molar-refractivity contribution in [2.75, 3.05) is 39.0 Å². The molecule has 1 saturated carbocycles. The molecule has 3 aliphatic heterocycles. The molecule has 246 valence electrons. The molecule has 5 aliphatic rings. The summed E-state index contributed by atoms with van der Waals surface area (Å²) in [6.07, 6.45) is 7.82. The zero-order valence-electron chi connectivity index (χ0n) is 26.5. The van der Waals surface area contributed by atoms with Crippen LogP contribution in [0, 0.1) is 24.7 Å². The SMILES string of the molecule is Cc1nc2c(c(=O)n1CCOC1CCC(Cl)CC1C1CC(C)NC3C(C(=O)O)CSC13)CC(N(C)CC1NCCCN1)CC2. The van der Waals surface area contributed by atoms with E-state index >= 15 is 0 Å². The molecule has 3 saturated heterocycles. The molecule has 4 heterocycles. The van der Waals surface area contributed by atoms with E-state index in [0.717, 1.165) is 88.1 Å². The number of hydrogen-bond acceptors (Lipinski definition) is 9. The number of aliphatic carboxylic acids is 1. The third-order valence-electron chi connectivity index (χ3n) is 11.0. The van der Waals surface area contributed by atoms with Gasteiger partial charge in [0.05, 0.1) is 37.0 Å². The zero-order chi connectivity index (χ0) is 31.0. The summed E-state index contributed by atoms with van der Waals surface area (Å²) in [6, 6.07) is 0.578. The standard InChI is InChI=1S/C32H51ClN6O4S/c1-18-13-23(30-29(36-18)25(17-44-30)32(41)42)22-14-20(33)5-8-27(22)43-12-11-39-19(2)37-26-7-6-21(15-24(26)31(39)40)38(3)16-28-34-9-4-10-35-28/h18,20-23,25,27-30,34-36H,4-17H2,1-3H3,(H,41,42). The molecule has 2 aliphatic carbocycles. The highest BCUT2D eigenvalue weighted by Gasteiger charge is 2.51. The normalized spacial score (nSPS) is 36.2. The van der Waals surface area contributed by atoms with Gasteiger partial charge in [-0.15, -0.1) is 11.6 Å². The van der Waals surface area contributed by atoms with Crippen molar-refractivity contribution in [3.8, 4) is 0 Å². The number of aryl methyl sites for hydroxylation is 2. The number of carboxylic acid groups (broad SMARTS) is 1. The second-order valence-corrected chi connectivity index (χ2v) is 15.7. The van der Waals surface area contributed by atoms with Gasteiger partial charge in [0.2, 0.25) is 0 Å². The van der Waals surface area contributed by atoms with Gasteiger partial charge in [-0.2, -0.15) is 11.8 Å². The number of thioether (sulfide) groups is 1. The Kier molecular flexibility index (Phi) is 10.6. The molecule has 4 N–H and O–H groups in total. The minimum Gasteiger partial charge on any atom is -0.481 e. The smallest absolute Gasteiger partial charge is 0.308 e. The molecule has 10 nitrogen and oxygen atoms in total. The lowest BCUT2D eigenvalue weighted by Crippen LogP contribution is -2.57. The summed E-state index contributed by atoms with van der Waals surface area (Å²) < 4.78 is 8.46. The van der Waals surface area contributed by atoms with Crippen molar-refractivity contribution in [2.45, 2.75) is 113 Å². The van der Waals surface area contributed by atoms with E-state index in [2.05, 4.69) is 34.8 Å². The summed E-state index contributed by atoms with van der Waals surface area (Å²) in [4.78, 5) is 33.1. The predicted molar refractivity (Wildman–Crippen MR) is 175 cm³/mol. The number of likely N-dealkylation sites (N-methyl/N-ethyl adjacent to an activating group) is 1. The third-order valence-corrected chi connectivity index (χ3v) is 13.0. The van der Waals surface area contributed by atoms with Crippen LogP contribution in [0.15, 0.2) is 4.79 Å². The van der Waals surface area contributed by atoms with Crippen LogP contribution < -0.4 is 21.5 Å². The number of nitrogens with zero attached hydrogens (tertiary/aromatic N) is 3. The quantitative estimate of drug-likeness (QED) is 0.296. The van der Waals surface area contributed by atoms with Gasteiger partial charge < -0.3 is 30.7 Å². The Hall–Kier alpha value is -1.21. The minimum absolute atomic E-state index is 0.0107. The van der Waals surface area contributed by atoms with Crippen LogP contribution in [-0.2, 0) is 28.9 Å². The van der Waals surface area contributed by atoms with Crippen LogP contribution in [0.2, 0.25) is 0 Å². The first-order valence-corrected chi connectivity index (χ1v) is 18.3. The van der Waals surface area contributed by atoms with Gasteiger partial charge in [-0.3, -0.25) is 14.2 Å². The van der Waals surface area contributed by atoms with E-state index in [1.54, 1.807) is 0 Å². The molecule has 12 heteroatoms. The summed E-state index contributed by atoms with van der Waals surface area (Å²) in [6.45, 7) is 8.06. The van der Waals surface area contributed by atoms with Crippen molar-refractivity contribution in [2.24, 2.45) is 17.8 Å². The molecule has 9 atom stereocenters. The summed E-state index contributed by atoms with van der Waals surface area (Å²) in [5.41, 5.74) is 1.91. The Morgan fingerprint density at radius 3 is 2.77 bits per heavy atom. The number of alkyl halides is 1. The van der Waals surface area contributed by atoms with Crippen LogP contribution in [0.4, 0.5) is 0 Å². The molecule has 1 aromatic rings. The van der Waals surface area contributed by atoms with E-state index < -0.39 is 5.97 Å². The van der Waals surface area contributed by atoms with Crippen LogP contribution >= 0.6 is 23.4 Å². The molecular formula is C32H51ClN6O4S. The van der Waals surface area contributed by atoms with Crippen LogP contribution in [0.3, 0.4) is 0 Å². The fourth-order valence-electron chi connectivity index (χ4n) is 8.64. The van der Waals surface area contributed by atoms with Crippen molar-refractivity contribution >= 4 is 29.3 Å². The molecule has 6 rings (SSSR count). The van der Waals surface area contributed by atoms with Crippen LogP contribution in [0.1, 0.15) is 62.5 Å². The van der Waals surface area contributed by atoms with Crippen molar-refractivity contribution in [3.05, 3.63) is 27.4 Å². The van der Waals surface area contributed by atoms with Crippen molar-refractivity contribution in [1.82, 2.24) is 30.4 Å². The van der Waals surface area contributed by atoms with E-state index in [4.69, 9.17) is 21.3 Å². The summed E-state index contributed by atoms with van der Waals surface area (Å²) >= 11 is 8.56. The Morgan fingerprint density at radius 1 is 1.20 bits per heavy atom. The van der Waals surface area contributed by atoms with Crippen LogP contribution in [-0.4, -0.2) is 106 Å². The molecule has 44 heavy (non-hydrogen) atoms. The minimum atomic E-state index is -0.701. The highest BCUT2D eigenvalue weighted by atomic mass is 35.5. The van der Waals surface area contributed by atoms with Crippen molar-refractivity contribution < 1.29 is 14.6 Å². The van der Waals surface area contributed by atoms with Gasteiger partial charge in [0.25, 0.3) is 5.56 Å². The molecule has 0 radical (unpaired) electrons. The maximum absolute atomic E-state index is 13.8. The number of rotatable bonds is 9. The number of hydrogen-bond donors (Lipinski definition) is 4. The summed E-state index contributed by atoms with van der Waals surface area (Å²) in [5.74, 6) is 1.01. The largest absolute Gasteiger partial charge is 0.481 e. The molecule has 0 aromatic carbocycles. The first kappa shape index (κ1) is 32.7. The average Bonchev–Trinajstić information content (AvgIpc) is 3.43. The van der Waals surface area contributed by atoms with E-state index in [1.165, 1.54) is 0 Å². The number of fused-ring (bicyclic) bond motifs is 2. The number of carboxylic acids is 1. The topological polar surface area (TPSA) is 121 Å². The Labute approximate surface area is 270 Å². The molecule has 4 fully saturated rings. The van der Waals surface area contributed by atoms with Gasteiger partial charge in [-0.25, -0.2) is 4.98 Å². The lowest BCUT2D eigenvalue weighted by Gasteiger charge is -2.47. The molecule has 1 aromatic heterocycles. The van der Waals surface area contributed by atoms with Gasteiger partial charge in [0, 0.05) is 46.6 Å². The number of nitrogens with one attached hydrogen (secondary N) is 3. The lowest BCUT2D eigenvalue weighted by atomic mass is 9.70. The molecule has 0 bridgehead atoms. The fourth-order valence-corrected chi connectivity index (χ4v) is 10.8. The number of halogens is 1. The third kappa shape index (κ3) is 7.04. The fraction of sp³-hybridized carbons (Fsp3) is 0.844. The Morgan fingerprint density at radius 2 is 2.00 bits per heavy atom. The summed E-state index contributed by atoms with van der Waals surface area (Å²) in [7, 11) is 2.17. The maximum Gasteiger partial charge on any atom is 0.308 e. The second-order valence-electron chi connectivity index (χ2n) is 13.9. The second kappa shape index (κ2) is 14.3. The maximum atomic E-state index is 13.8. The number of piperidine rings is 1. The van der Waals surface area contributed by atoms with Crippen LogP contribution in [0.5, 0.6) is 0 Å². The van der Waals surface area contributed by atoms with Gasteiger partial charge in [-0.1, -0.05) is 0 Å². The molecule has 0 amide bonds. The summed E-state index contributed by atoms with van der Waals surface area (Å²) in [5, 5.41) is 20.9. The first-order valence-electron chi connectivity index (χ1n) is 16.8. The van der Waals surface area contributed by atoms with E-state index in [1.807, 2.05) is 23.3 Å². The van der Waals surface area contributed by atoms with Gasteiger partial charge in [0.1, 0.15) is 5.82 Å². The monoisotopic (exact) mass is 650 g/mol. The lowest BCUT2D eigenvalue weighted by molar-refractivity contribution is -0.142. The van der Waals surface area contributed by atoms with E-state index in [9.17, 15) is 14.7 Å². The van der Waals surface area contributed by atoms with E-state index in [-0.39, 0.29) is 46.2 Å². The highest BCUT2D eigenvalue weighted by Crippen LogP contribution is 2.48.